The molecule has 0 radical (unpaired) electrons. The Morgan fingerprint density at radius 1 is 1.56 bits per heavy atom. The molecule has 6 heteroatoms. The van der Waals surface area contributed by atoms with Gasteiger partial charge in [-0.1, -0.05) is 6.92 Å². The molecule has 0 aliphatic heterocycles. The van der Waals surface area contributed by atoms with E-state index < -0.39 is 10.8 Å². The average molecular weight is 272 g/mol. The number of rotatable bonds is 7. The molecule has 1 heterocycles. The summed E-state index contributed by atoms with van der Waals surface area (Å²) in [5.74, 6) is 0.954. The van der Waals surface area contributed by atoms with Gasteiger partial charge in [0.15, 0.2) is 0 Å². The van der Waals surface area contributed by atoms with Gasteiger partial charge in [-0.05, 0) is 13.0 Å². The molecule has 1 N–H and O–H groups in total. The molecule has 0 saturated heterocycles. The van der Waals surface area contributed by atoms with Gasteiger partial charge in [-0.3, -0.25) is 4.21 Å². The Bertz CT molecular complexity index is 403. The predicted molar refractivity (Wildman–Crippen MR) is 77.4 cm³/mol. The van der Waals surface area contributed by atoms with Crippen molar-refractivity contribution in [2.75, 3.05) is 31.8 Å². The van der Waals surface area contributed by atoms with E-state index >= 15 is 0 Å². The summed E-state index contributed by atoms with van der Waals surface area (Å²) < 4.78 is 13.3. The van der Waals surface area contributed by atoms with Gasteiger partial charge < -0.3 is 14.8 Å². The molecular weight excluding hydrogens is 248 g/mol. The van der Waals surface area contributed by atoms with Gasteiger partial charge in [-0.15, -0.1) is 0 Å². The molecule has 0 saturated carbocycles. The number of hydrogen-bond acceptors (Lipinski definition) is 4. The summed E-state index contributed by atoms with van der Waals surface area (Å²) in [6.07, 6.45) is 4.58. The van der Waals surface area contributed by atoms with Crippen molar-refractivity contribution < 1.29 is 4.21 Å². The smallest absolute Gasteiger partial charge is 0.204 e. The SMILES string of the molecule is CC(CCNCc1cnc(N(C)C)n1C)S(C)=O. The van der Waals surface area contributed by atoms with Crippen LogP contribution in [0.1, 0.15) is 19.0 Å². The van der Waals surface area contributed by atoms with Gasteiger partial charge >= 0.3 is 0 Å². The van der Waals surface area contributed by atoms with Crippen molar-refractivity contribution in [1.82, 2.24) is 14.9 Å². The fourth-order valence-electron chi connectivity index (χ4n) is 1.70. The molecular formula is C12H24N4OS. The fourth-order valence-corrected chi connectivity index (χ4v) is 2.15. The quantitative estimate of drug-likeness (QED) is 0.744. The number of hydrogen-bond donors (Lipinski definition) is 1. The molecule has 0 fully saturated rings. The second-order valence-corrected chi connectivity index (χ2v) is 6.58. The Hall–Kier alpha value is -0.880. The minimum Gasteiger partial charge on any atom is -0.348 e. The van der Waals surface area contributed by atoms with Crippen LogP contribution in [0.25, 0.3) is 0 Å². The van der Waals surface area contributed by atoms with Crippen molar-refractivity contribution in [2.24, 2.45) is 7.05 Å². The molecule has 104 valence electrons. The van der Waals surface area contributed by atoms with E-state index in [0.29, 0.717) is 0 Å². The standard InChI is InChI=1S/C12H24N4OS/c1-10(18(5)17)6-7-13-8-11-9-14-12(15(2)3)16(11)4/h9-10,13H,6-8H2,1-5H3. The predicted octanol–water partition coefficient (Wildman–Crippen LogP) is 0.733. The van der Waals surface area contributed by atoms with Gasteiger partial charge in [0.25, 0.3) is 0 Å². The summed E-state index contributed by atoms with van der Waals surface area (Å²) in [4.78, 5) is 6.35. The van der Waals surface area contributed by atoms with Crippen molar-refractivity contribution in [1.29, 1.82) is 0 Å². The Morgan fingerprint density at radius 3 is 2.72 bits per heavy atom. The van der Waals surface area contributed by atoms with Crippen LogP contribution in [0.15, 0.2) is 6.20 Å². The van der Waals surface area contributed by atoms with E-state index in [1.165, 1.54) is 0 Å². The summed E-state index contributed by atoms with van der Waals surface area (Å²) in [6.45, 7) is 3.69. The molecule has 0 aliphatic carbocycles. The minimum atomic E-state index is -0.729. The lowest BCUT2D eigenvalue weighted by atomic mass is 10.3. The number of nitrogens with zero attached hydrogens (tertiary/aromatic N) is 3. The second kappa shape index (κ2) is 6.89. The summed E-state index contributed by atoms with van der Waals surface area (Å²) in [5.41, 5.74) is 1.16. The molecule has 1 aromatic rings. The van der Waals surface area contributed by atoms with E-state index in [1.54, 1.807) is 6.26 Å². The van der Waals surface area contributed by atoms with Crippen LogP contribution < -0.4 is 10.2 Å². The third-order valence-electron chi connectivity index (χ3n) is 3.06. The van der Waals surface area contributed by atoms with E-state index in [2.05, 4.69) is 14.9 Å². The lowest BCUT2D eigenvalue weighted by Crippen LogP contribution is -2.22. The van der Waals surface area contributed by atoms with Crippen LogP contribution in [0.2, 0.25) is 0 Å². The van der Waals surface area contributed by atoms with Crippen LogP contribution in [-0.2, 0) is 24.4 Å². The zero-order valence-electron chi connectivity index (χ0n) is 11.9. The van der Waals surface area contributed by atoms with Crippen LogP contribution >= 0.6 is 0 Å². The first kappa shape index (κ1) is 15.2. The van der Waals surface area contributed by atoms with E-state index in [4.69, 9.17) is 0 Å². The zero-order chi connectivity index (χ0) is 13.7. The van der Waals surface area contributed by atoms with Gasteiger partial charge in [0, 0.05) is 50.0 Å². The highest BCUT2D eigenvalue weighted by molar-refractivity contribution is 7.84. The first-order chi connectivity index (χ1) is 8.43. The lowest BCUT2D eigenvalue weighted by Gasteiger charge is -2.13. The molecule has 1 rings (SSSR count). The minimum absolute atomic E-state index is 0.251. The van der Waals surface area contributed by atoms with Gasteiger partial charge in [0.1, 0.15) is 0 Å². The van der Waals surface area contributed by atoms with Crippen molar-refractivity contribution in [3.8, 4) is 0 Å². The third-order valence-corrected chi connectivity index (χ3v) is 4.43. The highest BCUT2D eigenvalue weighted by Crippen LogP contribution is 2.10. The molecule has 0 aliphatic rings. The number of anilines is 1. The molecule has 18 heavy (non-hydrogen) atoms. The van der Waals surface area contributed by atoms with Crippen LogP contribution in [0.5, 0.6) is 0 Å². The highest BCUT2D eigenvalue weighted by atomic mass is 32.2. The lowest BCUT2D eigenvalue weighted by molar-refractivity contribution is 0.613. The highest BCUT2D eigenvalue weighted by Gasteiger charge is 2.08. The summed E-state index contributed by atoms with van der Waals surface area (Å²) in [6, 6.07) is 0. The van der Waals surface area contributed by atoms with Crippen LogP contribution in [0.3, 0.4) is 0 Å². The zero-order valence-corrected chi connectivity index (χ0v) is 12.8. The van der Waals surface area contributed by atoms with Crippen molar-refractivity contribution in [3.05, 3.63) is 11.9 Å². The summed E-state index contributed by atoms with van der Waals surface area (Å²) >= 11 is 0. The maximum absolute atomic E-state index is 11.2. The van der Waals surface area contributed by atoms with Gasteiger partial charge in [-0.25, -0.2) is 4.98 Å². The van der Waals surface area contributed by atoms with Crippen LogP contribution in [0, 0.1) is 0 Å². The maximum atomic E-state index is 11.2. The number of imidazole rings is 1. The van der Waals surface area contributed by atoms with Gasteiger partial charge in [0.05, 0.1) is 11.9 Å². The first-order valence-electron chi connectivity index (χ1n) is 6.14. The molecule has 5 nitrogen and oxygen atoms in total. The van der Waals surface area contributed by atoms with Gasteiger partial charge in [-0.2, -0.15) is 0 Å². The Labute approximate surface area is 112 Å². The van der Waals surface area contributed by atoms with E-state index in [-0.39, 0.29) is 5.25 Å². The first-order valence-corrected chi connectivity index (χ1v) is 7.76. The topological polar surface area (TPSA) is 50.2 Å². The van der Waals surface area contributed by atoms with Crippen molar-refractivity contribution in [3.63, 3.8) is 0 Å². The Kier molecular flexibility index (Phi) is 5.81. The fraction of sp³-hybridized carbons (Fsp3) is 0.750. The molecule has 0 spiro atoms. The molecule has 1 aromatic heterocycles. The molecule has 2 atom stereocenters. The van der Waals surface area contributed by atoms with Crippen LogP contribution in [0.4, 0.5) is 5.95 Å². The molecule has 0 amide bonds. The third kappa shape index (κ3) is 4.10. The maximum Gasteiger partial charge on any atom is 0.204 e. The molecule has 0 aromatic carbocycles. The molecule has 0 bridgehead atoms. The monoisotopic (exact) mass is 272 g/mol. The number of nitrogens with one attached hydrogen (secondary N) is 1. The molecule has 2 unspecified atom stereocenters. The van der Waals surface area contributed by atoms with Crippen molar-refractivity contribution >= 4 is 16.7 Å². The van der Waals surface area contributed by atoms with Gasteiger partial charge in [0.2, 0.25) is 5.95 Å². The summed E-state index contributed by atoms with van der Waals surface area (Å²) in [7, 11) is 5.26. The normalized spacial score (nSPS) is 14.5. The number of aromatic nitrogens is 2. The Morgan fingerprint density at radius 2 is 2.22 bits per heavy atom. The van der Waals surface area contributed by atoms with E-state index in [0.717, 1.165) is 31.2 Å². The summed E-state index contributed by atoms with van der Waals surface area (Å²) in [5, 5.41) is 3.62. The van der Waals surface area contributed by atoms with Crippen molar-refractivity contribution in [2.45, 2.75) is 25.1 Å². The Balaban J connectivity index is 2.38. The largest absolute Gasteiger partial charge is 0.348 e. The van der Waals surface area contributed by atoms with Crippen LogP contribution in [-0.4, -0.2) is 45.9 Å². The van der Waals surface area contributed by atoms with E-state index in [1.807, 2.05) is 39.2 Å². The van der Waals surface area contributed by atoms with E-state index in [9.17, 15) is 4.21 Å². The second-order valence-electron chi connectivity index (χ2n) is 4.78. The average Bonchev–Trinajstić information content (AvgIpc) is 2.66.